The first-order chi connectivity index (χ1) is 29.0. The molecule has 2 heteroatoms. The molecule has 0 N–H and O–H groups in total. The fourth-order valence-corrected chi connectivity index (χ4v) is 13.2. The summed E-state index contributed by atoms with van der Waals surface area (Å²) in [6.07, 6.45) is 0. The van der Waals surface area contributed by atoms with E-state index < -0.39 is 0 Å². The summed E-state index contributed by atoms with van der Waals surface area (Å²) in [7, 11) is 0. The predicted molar refractivity (Wildman–Crippen MR) is 259 cm³/mol. The highest BCUT2D eigenvalue weighted by Crippen LogP contribution is 2.55. The van der Waals surface area contributed by atoms with E-state index in [1.165, 1.54) is 128 Å². The molecule has 12 aromatic rings. The molecule has 0 unspecified atom stereocenters. The van der Waals surface area contributed by atoms with E-state index in [0.717, 1.165) is 0 Å². The van der Waals surface area contributed by atoms with Gasteiger partial charge in [-0.05, 0) is 83.6 Å². The number of hydrogen-bond acceptors (Lipinski definition) is 2. The van der Waals surface area contributed by atoms with E-state index in [1.54, 1.807) is 0 Å². The zero-order chi connectivity index (χ0) is 39.0. The Kier molecular flexibility index (Phi) is 6.92. The molecule has 0 nitrogen and oxygen atoms in total. The number of rotatable bonds is 3. The van der Waals surface area contributed by atoms with Gasteiger partial charge >= 0.3 is 0 Å². The molecule has 0 amide bonds. The average Bonchev–Trinajstić information content (AvgIpc) is 3.93. The van der Waals surface area contributed by atoms with Crippen molar-refractivity contribution >= 4 is 95.3 Å². The van der Waals surface area contributed by atoms with Crippen molar-refractivity contribution in [2.75, 3.05) is 0 Å². The van der Waals surface area contributed by atoms with Crippen LogP contribution in [0.2, 0.25) is 0 Å². The lowest BCUT2D eigenvalue weighted by molar-refractivity contribution is 0.661. The second-order valence-corrected chi connectivity index (χ2v) is 18.8. The van der Waals surface area contributed by atoms with Gasteiger partial charge in [-0.15, -0.1) is 22.7 Å². The molecule has 1 aliphatic carbocycles. The summed E-state index contributed by atoms with van der Waals surface area (Å²) in [4.78, 5) is 0. The topological polar surface area (TPSA) is 0 Å². The van der Waals surface area contributed by atoms with Gasteiger partial charge in [-0.2, -0.15) is 0 Å². The molecule has 0 radical (unpaired) electrons. The predicted octanol–water partition coefficient (Wildman–Crippen LogP) is 17.2. The van der Waals surface area contributed by atoms with Crippen molar-refractivity contribution in [2.45, 2.75) is 19.3 Å². The van der Waals surface area contributed by atoms with Gasteiger partial charge in [-0.3, -0.25) is 0 Å². The second kappa shape index (κ2) is 12.2. The number of thiophene rings is 2. The number of benzene rings is 10. The quantitative estimate of drug-likeness (QED) is 0.157. The molecule has 1 aliphatic rings. The largest absolute Gasteiger partial charge is 0.135 e. The molecule has 0 bridgehead atoms. The van der Waals surface area contributed by atoms with E-state index in [2.05, 4.69) is 196 Å². The van der Waals surface area contributed by atoms with Crippen LogP contribution in [0.15, 0.2) is 182 Å². The summed E-state index contributed by atoms with van der Waals surface area (Å²) in [6, 6.07) is 68.4. The number of hydrogen-bond donors (Lipinski definition) is 0. The number of fused-ring (bicyclic) bond motifs is 14. The maximum absolute atomic E-state index is 2.47. The van der Waals surface area contributed by atoms with Crippen LogP contribution in [0.4, 0.5) is 0 Å². The molecule has 0 fully saturated rings. The lowest BCUT2D eigenvalue weighted by Gasteiger charge is -2.21. The van der Waals surface area contributed by atoms with Crippen molar-refractivity contribution < 1.29 is 0 Å². The van der Waals surface area contributed by atoms with Gasteiger partial charge in [0.15, 0.2) is 0 Å². The summed E-state index contributed by atoms with van der Waals surface area (Å²) in [5.74, 6) is 0. The molecule has 0 atom stereocenters. The molecule has 13 rings (SSSR count). The van der Waals surface area contributed by atoms with E-state index in [9.17, 15) is 0 Å². The van der Waals surface area contributed by atoms with Crippen LogP contribution in [-0.2, 0) is 5.41 Å². The molecule has 0 saturated heterocycles. The van der Waals surface area contributed by atoms with E-state index >= 15 is 0 Å². The Morgan fingerprint density at radius 1 is 0.305 bits per heavy atom. The normalized spacial score (nSPS) is 13.4. The monoisotopic (exact) mass is 784 g/mol. The van der Waals surface area contributed by atoms with E-state index in [1.807, 2.05) is 22.7 Å². The molecule has 59 heavy (non-hydrogen) atoms. The minimum atomic E-state index is -0.0184. The van der Waals surface area contributed by atoms with Crippen molar-refractivity contribution in [1.82, 2.24) is 0 Å². The van der Waals surface area contributed by atoms with E-state index in [0.29, 0.717) is 0 Å². The molecule has 0 aliphatic heterocycles. The molecule has 0 spiro atoms. The first-order valence-electron chi connectivity index (χ1n) is 20.5. The van der Waals surface area contributed by atoms with Crippen LogP contribution in [-0.4, -0.2) is 0 Å². The third-order valence-electron chi connectivity index (χ3n) is 13.3. The van der Waals surface area contributed by atoms with Crippen molar-refractivity contribution in [2.24, 2.45) is 0 Å². The minimum absolute atomic E-state index is 0.0184. The van der Waals surface area contributed by atoms with Crippen molar-refractivity contribution in [1.29, 1.82) is 0 Å². The minimum Gasteiger partial charge on any atom is -0.135 e. The van der Waals surface area contributed by atoms with Crippen LogP contribution >= 0.6 is 22.7 Å². The lowest BCUT2D eigenvalue weighted by Crippen LogP contribution is -2.14. The van der Waals surface area contributed by atoms with Crippen LogP contribution in [0.3, 0.4) is 0 Å². The highest BCUT2D eigenvalue weighted by Gasteiger charge is 2.37. The fraction of sp³-hybridized carbons (Fsp3) is 0.0526. The highest BCUT2D eigenvalue weighted by molar-refractivity contribution is 7.27. The lowest BCUT2D eigenvalue weighted by atomic mass is 9.82. The molecular formula is C57H36S2. The summed E-state index contributed by atoms with van der Waals surface area (Å²) in [6.45, 7) is 4.75. The maximum atomic E-state index is 2.47. The Bertz CT molecular complexity index is 3690. The smallest absolute Gasteiger partial charge is 0.0437 e. The van der Waals surface area contributed by atoms with Crippen LogP contribution in [0.25, 0.3) is 117 Å². The third kappa shape index (κ3) is 4.59. The molecule has 2 heterocycles. The summed E-state index contributed by atoms with van der Waals surface area (Å²) >= 11 is 3.87. The molecule has 276 valence electrons. The summed E-state index contributed by atoms with van der Waals surface area (Å²) < 4.78 is 5.45. The van der Waals surface area contributed by atoms with Gasteiger partial charge in [0.2, 0.25) is 0 Å². The van der Waals surface area contributed by atoms with Crippen LogP contribution < -0.4 is 0 Å². The molecule has 2 aromatic heterocycles. The Morgan fingerprint density at radius 2 is 0.847 bits per heavy atom. The maximum Gasteiger partial charge on any atom is 0.0437 e. The molecule has 10 aromatic carbocycles. The first-order valence-corrected chi connectivity index (χ1v) is 22.1. The molecule has 0 saturated carbocycles. The van der Waals surface area contributed by atoms with Gasteiger partial charge in [0, 0.05) is 62.3 Å². The van der Waals surface area contributed by atoms with Crippen LogP contribution in [0.1, 0.15) is 25.0 Å². The Morgan fingerprint density at radius 3 is 1.59 bits per heavy atom. The van der Waals surface area contributed by atoms with Gasteiger partial charge in [0.25, 0.3) is 0 Å². The zero-order valence-corrected chi connectivity index (χ0v) is 34.3. The standard InChI is InChI=1S/C57H36S2/c1-57(2)48-24-11-9-21-44(48)53-49(57)31-30-43-47-32-46(35-14-3-8-20-41(35)55(47)59-56(43)53)33-26-28-34(29-27-33)51-37-16-4-6-18-39(37)52(40-19-7-5-17-38(40)51)45-23-13-22-42-36-15-10-12-25-50(36)58-54(42)45/h3-32H,1-2H3. The third-order valence-corrected chi connectivity index (χ3v) is 15.8. The van der Waals surface area contributed by atoms with Crippen LogP contribution in [0, 0.1) is 0 Å². The summed E-state index contributed by atoms with van der Waals surface area (Å²) in [5.41, 5.74) is 13.3. The average molecular weight is 785 g/mol. The highest BCUT2D eigenvalue weighted by atomic mass is 32.1. The van der Waals surface area contributed by atoms with Gasteiger partial charge in [-0.1, -0.05) is 184 Å². The van der Waals surface area contributed by atoms with Crippen molar-refractivity contribution in [3.63, 3.8) is 0 Å². The van der Waals surface area contributed by atoms with Crippen molar-refractivity contribution in [3.8, 4) is 44.5 Å². The Hall–Kier alpha value is -6.58. The van der Waals surface area contributed by atoms with Crippen molar-refractivity contribution in [3.05, 3.63) is 193 Å². The van der Waals surface area contributed by atoms with Crippen LogP contribution in [0.5, 0.6) is 0 Å². The van der Waals surface area contributed by atoms with Gasteiger partial charge < -0.3 is 0 Å². The van der Waals surface area contributed by atoms with Gasteiger partial charge in [-0.25, -0.2) is 0 Å². The zero-order valence-electron chi connectivity index (χ0n) is 32.6. The van der Waals surface area contributed by atoms with E-state index in [4.69, 9.17) is 0 Å². The first kappa shape index (κ1) is 33.4. The van der Waals surface area contributed by atoms with Gasteiger partial charge in [0.1, 0.15) is 0 Å². The fourth-order valence-electron chi connectivity index (χ4n) is 10.6. The van der Waals surface area contributed by atoms with E-state index in [-0.39, 0.29) is 5.41 Å². The SMILES string of the molecule is CC1(C)c2ccccc2-c2c1ccc1c2sc2c3ccccc3c(-c3ccc(-c4c5ccccc5c(-c5cccc6c5sc5ccccc56)c5ccccc45)cc3)cc12. The Balaban J connectivity index is 1.00. The second-order valence-electron chi connectivity index (χ2n) is 16.7. The Labute approximate surface area is 350 Å². The molecular weight excluding hydrogens is 749 g/mol. The van der Waals surface area contributed by atoms with Gasteiger partial charge in [0.05, 0.1) is 0 Å². The summed E-state index contributed by atoms with van der Waals surface area (Å²) in [5, 5.41) is 13.1.